The number of alkyl carbamates (subject to hydrolysis) is 1. The molecule has 0 fully saturated rings. The number of carbonyl (C=O) groups is 1. The van der Waals surface area contributed by atoms with E-state index in [4.69, 9.17) is 0 Å². The van der Waals surface area contributed by atoms with Crippen LogP contribution in [0.4, 0.5) is 4.79 Å². The summed E-state index contributed by atoms with van der Waals surface area (Å²) >= 11 is 0. The van der Waals surface area contributed by atoms with E-state index in [9.17, 15) is 9.90 Å². The average Bonchev–Trinajstić information content (AvgIpc) is 2.23. The Morgan fingerprint density at radius 3 is 2.87 bits per heavy atom. The first-order valence-electron chi connectivity index (χ1n) is 4.74. The number of hydrogen-bond acceptors (Lipinski definition) is 3. The first-order chi connectivity index (χ1) is 7.13. The molecule has 1 aromatic carbocycles. The number of phenols is 1. The van der Waals surface area contributed by atoms with Crippen molar-refractivity contribution in [1.29, 1.82) is 0 Å². The van der Waals surface area contributed by atoms with Gasteiger partial charge in [-0.2, -0.15) is 0 Å². The second-order valence-corrected chi connectivity index (χ2v) is 3.29. The molecule has 1 aromatic rings. The van der Waals surface area contributed by atoms with Crippen LogP contribution in [0.15, 0.2) is 18.2 Å². The average molecular weight is 209 g/mol. The number of hydrogen-bond donors (Lipinski definition) is 2. The molecular formula is C11H15NO3. The standard InChI is InChI=1S/C11H15NO3/c1-8-7-9(3-4-10(8)13)5-6-12-11(14)15-2/h3-4,7,13H,5-6H2,1-2H3,(H,12,14). The van der Waals surface area contributed by atoms with Crippen molar-refractivity contribution in [3.05, 3.63) is 29.3 Å². The normalized spacial score (nSPS) is 9.73. The molecular weight excluding hydrogens is 194 g/mol. The maximum absolute atomic E-state index is 10.7. The SMILES string of the molecule is COC(=O)NCCc1ccc(O)c(C)c1. The summed E-state index contributed by atoms with van der Waals surface area (Å²) in [4.78, 5) is 10.7. The predicted octanol–water partition coefficient (Wildman–Crippen LogP) is 1.60. The van der Waals surface area contributed by atoms with Crippen molar-refractivity contribution in [3.63, 3.8) is 0 Å². The van der Waals surface area contributed by atoms with Crippen LogP contribution in [0, 0.1) is 6.92 Å². The molecule has 2 N–H and O–H groups in total. The maximum atomic E-state index is 10.7. The van der Waals surface area contributed by atoms with E-state index in [0.29, 0.717) is 12.3 Å². The molecule has 0 saturated heterocycles. The van der Waals surface area contributed by atoms with Crippen LogP contribution in [0.25, 0.3) is 0 Å². The van der Waals surface area contributed by atoms with Gasteiger partial charge in [-0.15, -0.1) is 0 Å². The van der Waals surface area contributed by atoms with Crippen molar-refractivity contribution < 1.29 is 14.6 Å². The van der Waals surface area contributed by atoms with Crippen molar-refractivity contribution in [2.45, 2.75) is 13.3 Å². The van der Waals surface area contributed by atoms with Crippen molar-refractivity contribution in [1.82, 2.24) is 5.32 Å². The van der Waals surface area contributed by atoms with Crippen LogP contribution < -0.4 is 5.32 Å². The fourth-order valence-electron chi connectivity index (χ4n) is 1.25. The minimum atomic E-state index is -0.425. The zero-order chi connectivity index (χ0) is 11.3. The Bertz CT molecular complexity index is 350. The molecule has 0 saturated carbocycles. The van der Waals surface area contributed by atoms with Gasteiger partial charge in [0.1, 0.15) is 5.75 Å². The Kier molecular flexibility index (Phi) is 3.97. The number of aromatic hydroxyl groups is 1. The van der Waals surface area contributed by atoms with E-state index in [1.165, 1.54) is 7.11 Å². The number of phenolic OH excluding ortho intramolecular Hbond substituents is 1. The molecule has 0 unspecified atom stereocenters. The van der Waals surface area contributed by atoms with Gasteiger partial charge in [0.2, 0.25) is 0 Å². The zero-order valence-corrected chi connectivity index (χ0v) is 8.91. The Balaban J connectivity index is 2.44. The Hall–Kier alpha value is -1.71. The van der Waals surface area contributed by atoms with Gasteiger partial charge in [-0.25, -0.2) is 4.79 Å². The van der Waals surface area contributed by atoms with Gasteiger partial charge >= 0.3 is 6.09 Å². The number of benzene rings is 1. The lowest BCUT2D eigenvalue weighted by atomic mass is 10.1. The molecule has 1 rings (SSSR count). The lowest BCUT2D eigenvalue weighted by Crippen LogP contribution is -2.25. The summed E-state index contributed by atoms with van der Waals surface area (Å²) in [5, 5.41) is 11.9. The van der Waals surface area contributed by atoms with Crippen LogP contribution in [-0.4, -0.2) is 24.9 Å². The zero-order valence-electron chi connectivity index (χ0n) is 8.91. The van der Waals surface area contributed by atoms with Gasteiger partial charge in [0.15, 0.2) is 0 Å². The molecule has 4 heteroatoms. The molecule has 15 heavy (non-hydrogen) atoms. The highest BCUT2D eigenvalue weighted by Gasteiger charge is 2.00. The summed E-state index contributed by atoms with van der Waals surface area (Å²) in [6, 6.07) is 5.39. The highest BCUT2D eigenvalue weighted by Crippen LogP contribution is 2.16. The second kappa shape index (κ2) is 5.24. The third-order valence-electron chi connectivity index (χ3n) is 2.13. The van der Waals surface area contributed by atoms with Crippen molar-refractivity contribution in [2.75, 3.05) is 13.7 Å². The van der Waals surface area contributed by atoms with Crippen LogP contribution in [0.3, 0.4) is 0 Å². The summed E-state index contributed by atoms with van der Waals surface area (Å²) < 4.78 is 4.44. The number of ether oxygens (including phenoxy) is 1. The minimum Gasteiger partial charge on any atom is -0.508 e. The number of methoxy groups -OCH3 is 1. The van der Waals surface area contributed by atoms with Gasteiger partial charge in [-0.1, -0.05) is 12.1 Å². The maximum Gasteiger partial charge on any atom is 0.406 e. The number of carbonyl (C=O) groups excluding carboxylic acids is 1. The lowest BCUT2D eigenvalue weighted by Gasteiger charge is -2.05. The number of amides is 1. The summed E-state index contributed by atoms with van der Waals surface area (Å²) in [7, 11) is 1.33. The summed E-state index contributed by atoms with van der Waals surface area (Å²) in [5.41, 5.74) is 1.91. The quantitative estimate of drug-likeness (QED) is 0.795. The number of aryl methyl sites for hydroxylation is 1. The Labute approximate surface area is 88.9 Å². The first-order valence-corrected chi connectivity index (χ1v) is 4.74. The van der Waals surface area contributed by atoms with E-state index in [1.807, 2.05) is 19.1 Å². The van der Waals surface area contributed by atoms with Crippen LogP contribution in [-0.2, 0) is 11.2 Å². The Morgan fingerprint density at radius 2 is 2.27 bits per heavy atom. The van der Waals surface area contributed by atoms with E-state index >= 15 is 0 Å². The van der Waals surface area contributed by atoms with Gasteiger partial charge in [0, 0.05) is 6.54 Å². The van der Waals surface area contributed by atoms with E-state index in [0.717, 1.165) is 17.5 Å². The Morgan fingerprint density at radius 1 is 1.53 bits per heavy atom. The number of rotatable bonds is 3. The molecule has 1 amide bonds. The summed E-state index contributed by atoms with van der Waals surface area (Å²) in [6.07, 6.45) is 0.293. The molecule has 4 nitrogen and oxygen atoms in total. The fourth-order valence-corrected chi connectivity index (χ4v) is 1.25. The monoisotopic (exact) mass is 209 g/mol. The van der Waals surface area contributed by atoms with Gasteiger partial charge in [-0.3, -0.25) is 0 Å². The van der Waals surface area contributed by atoms with Crippen molar-refractivity contribution in [3.8, 4) is 5.75 Å². The summed E-state index contributed by atoms with van der Waals surface area (Å²) in [6.45, 7) is 2.36. The van der Waals surface area contributed by atoms with Gasteiger partial charge in [-0.05, 0) is 30.5 Å². The fraction of sp³-hybridized carbons (Fsp3) is 0.364. The van der Waals surface area contributed by atoms with Gasteiger partial charge in [0.25, 0.3) is 0 Å². The van der Waals surface area contributed by atoms with E-state index in [2.05, 4.69) is 10.1 Å². The molecule has 0 aliphatic carbocycles. The first kappa shape index (κ1) is 11.4. The third kappa shape index (κ3) is 3.50. The molecule has 0 heterocycles. The molecule has 0 bridgehead atoms. The largest absolute Gasteiger partial charge is 0.508 e. The van der Waals surface area contributed by atoms with Crippen molar-refractivity contribution >= 4 is 6.09 Å². The molecule has 0 aromatic heterocycles. The topological polar surface area (TPSA) is 58.6 Å². The van der Waals surface area contributed by atoms with Crippen LogP contribution in [0.2, 0.25) is 0 Å². The minimum absolute atomic E-state index is 0.291. The lowest BCUT2D eigenvalue weighted by molar-refractivity contribution is 0.171. The molecule has 0 aliphatic rings. The summed E-state index contributed by atoms with van der Waals surface area (Å²) in [5.74, 6) is 0.291. The third-order valence-corrected chi connectivity index (χ3v) is 2.13. The molecule has 0 spiro atoms. The van der Waals surface area contributed by atoms with Gasteiger partial charge < -0.3 is 15.2 Å². The van der Waals surface area contributed by atoms with Gasteiger partial charge in [0.05, 0.1) is 7.11 Å². The molecule has 0 aliphatic heterocycles. The number of nitrogens with one attached hydrogen (secondary N) is 1. The molecule has 82 valence electrons. The van der Waals surface area contributed by atoms with E-state index in [1.54, 1.807) is 6.07 Å². The van der Waals surface area contributed by atoms with E-state index < -0.39 is 6.09 Å². The highest BCUT2D eigenvalue weighted by atomic mass is 16.5. The second-order valence-electron chi connectivity index (χ2n) is 3.29. The van der Waals surface area contributed by atoms with Crippen molar-refractivity contribution in [2.24, 2.45) is 0 Å². The molecule has 0 atom stereocenters. The van der Waals surface area contributed by atoms with Crippen LogP contribution >= 0.6 is 0 Å². The van der Waals surface area contributed by atoms with E-state index in [-0.39, 0.29) is 0 Å². The van der Waals surface area contributed by atoms with Crippen LogP contribution in [0.1, 0.15) is 11.1 Å². The smallest absolute Gasteiger partial charge is 0.406 e. The molecule has 0 radical (unpaired) electrons. The van der Waals surface area contributed by atoms with Crippen LogP contribution in [0.5, 0.6) is 5.75 Å². The predicted molar refractivity (Wildman–Crippen MR) is 57.0 cm³/mol. The highest BCUT2D eigenvalue weighted by molar-refractivity contribution is 5.66.